The highest BCUT2D eigenvalue weighted by Gasteiger charge is 2.25. The van der Waals surface area contributed by atoms with Gasteiger partial charge in [0.15, 0.2) is 5.13 Å². The van der Waals surface area contributed by atoms with Crippen LogP contribution in [0.5, 0.6) is 0 Å². The molecule has 2 rings (SSSR count). The fourth-order valence-corrected chi connectivity index (χ4v) is 2.81. The van der Waals surface area contributed by atoms with Crippen molar-refractivity contribution >= 4 is 28.3 Å². The highest BCUT2D eigenvalue weighted by atomic mass is 32.1. The van der Waals surface area contributed by atoms with Crippen LogP contribution in [0.25, 0.3) is 0 Å². The average Bonchev–Trinajstić information content (AvgIpc) is 2.97. The Hall–Kier alpha value is -1.47. The van der Waals surface area contributed by atoms with Crippen molar-refractivity contribution in [2.45, 2.75) is 25.9 Å². The minimum absolute atomic E-state index is 0.104. The van der Waals surface area contributed by atoms with Gasteiger partial charge >= 0.3 is 0 Å². The fraction of sp³-hybridized carbons (Fsp3) is 0.583. The van der Waals surface area contributed by atoms with E-state index in [-0.39, 0.29) is 11.8 Å². The second kappa shape index (κ2) is 5.66. The van der Waals surface area contributed by atoms with E-state index in [2.05, 4.69) is 10.3 Å². The minimum atomic E-state index is -0.391. The zero-order valence-corrected chi connectivity index (χ0v) is 12.0. The molecular weight excluding hydrogens is 266 g/mol. The number of nitrogens with zero attached hydrogens (tertiary/aromatic N) is 2. The molecule has 1 aliphatic heterocycles. The second-order valence-corrected chi connectivity index (χ2v) is 5.62. The summed E-state index contributed by atoms with van der Waals surface area (Å²) in [5, 5.41) is 3.16. The Morgan fingerprint density at radius 2 is 2.21 bits per heavy atom. The highest BCUT2D eigenvalue weighted by molar-refractivity contribution is 7.17. The van der Waals surface area contributed by atoms with Gasteiger partial charge in [0.1, 0.15) is 11.0 Å². The molecule has 104 valence electrons. The van der Waals surface area contributed by atoms with E-state index >= 15 is 0 Å². The molecule has 0 unspecified atom stereocenters. The molecule has 0 aromatic carbocycles. The normalized spacial score (nSPS) is 18.4. The molecule has 0 aliphatic carbocycles. The van der Waals surface area contributed by atoms with Crippen molar-refractivity contribution in [1.29, 1.82) is 0 Å². The lowest BCUT2D eigenvalue weighted by Gasteiger charge is -2.08. The number of hydrogen-bond donors (Lipinski definition) is 1. The number of ether oxygens (including phenoxy) is 1. The lowest BCUT2D eigenvalue weighted by atomic mass is 10.2. The van der Waals surface area contributed by atoms with Gasteiger partial charge in [0.25, 0.3) is 11.8 Å². The van der Waals surface area contributed by atoms with Crippen LogP contribution in [0, 0.1) is 6.92 Å². The van der Waals surface area contributed by atoms with Crippen molar-refractivity contribution in [2.24, 2.45) is 0 Å². The molecule has 19 heavy (non-hydrogen) atoms. The number of aromatic nitrogens is 1. The lowest BCUT2D eigenvalue weighted by molar-refractivity contribution is -0.124. The molecule has 2 heterocycles. The minimum Gasteiger partial charge on any atom is -0.368 e. The molecule has 1 aliphatic rings. The van der Waals surface area contributed by atoms with Crippen LogP contribution in [-0.4, -0.2) is 48.5 Å². The maximum atomic E-state index is 11.9. The Labute approximate surface area is 115 Å². The molecule has 0 spiro atoms. The first kappa shape index (κ1) is 14.0. The third-order valence-corrected chi connectivity index (χ3v) is 3.91. The Kier molecular flexibility index (Phi) is 4.16. The number of carbonyl (C=O) groups excluding carboxylic acids is 2. The van der Waals surface area contributed by atoms with E-state index in [0.29, 0.717) is 22.3 Å². The maximum Gasteiger partial charge on any atom is 0.265 e. The highest BCUT2D eigenvalue weighted by Crippen LogP contribution is 2.24. The van der Waals surface area contributed by atoms with Crippen LogP contribution in [0.3, 0.4) is 0 Å². The van der Waals surface area contributed by atoms with Crippen LogP contribution in [0.1, 0.15) is 28.2 Å². The van der Waals surface area contributed by atoms with E-state index in [9.17, 15) is 9.59 Å². The molecule has 0 radical (unpaired) electrons. The summed E-state index contributed by atoms with van der Waals surface area (Å²) >= 11 is 1.19. The number of amides is 2. The largest absolute Gasteiger partial charge is 0.368 e. The van der Waals surface area contributed by atoms with Gasteiger partial charge in [-0.05, 0) is 19.8 Å². The monoisotopic (exact) mass is 283 g/mol. The summed E-state index contributed by atoms with van der Waals surface area (Å²) in [6, 6.07) is 0. The predicted molar refractivity (Wildman–Crippen MR) is 72.5 cm³/mol. The smallest absolute Gasteiger partial charge is 0.265 e. The quantitative estimate of drug-likeness (QED) is 0.907. The molecule has 0 bridgehead atoms. The zero-order chi connectivity index (χ0) is 14.0. The molecule has 7 heteroatoms. The molecule has 1 aromatic rings. The van der Waals surface area contributed by atoms with Crippen molar-refractivity contribution in [2.75, 3.05) is 26.0 Å². The van der Waals surface area contributed by atoms with Crippen molar-refractivity contribution in [3.63, 3.8) is 0 Å². The second-order valence-electron chi connectivity index (χ2n) is 4.62. The van der Waals surface area contributed by atoms with Gasteiger partial charge in [-0.1, -0.05) is 11.3 Å². The number of rotatable bonds is 3. The molecule has 1 aromatic heterocycles. The lowest BCUT2D eigenvalue weighted by Crippen LogP contribution is -2.26. The van der Waals surface area contributed by atoms with E-state index in [0.717, 1.165) is 12.8 Å². The predicted octanol–water partition coefficient (Wildman–Crippen LogP) is 1.27. The summed E-state index contributed by atoms with van der Waals surface area (Å²) in [5.41, 5.74) is 0.631. The summed E-state index contributed by atoms with van der Waals surface area (Å²) in [5.74, 6) is -0.289. The van der Waals surface area contributed by atoms with E-state index in [4.69, 9.17) is 4.74 Å². The Morgan fingerprint density at radius 3 is 2.79 bits per heavy atom. The molecule has 1 N–H and O–H groups in total. The molecular formula is C12H17N3O3S. The van der Waals surface area contributed by atoms with Gasteiger partial charge < -0.3 is 9.64 Å². The van der Waals surface area contributed by atoms with Crippen LogP contribution in [0.15, 0.2) is 0 Å². The van der Waals surface area contributed by atoms with Gasteiger partial charge in [-0.3, -0.25) is 14.9 Å². The topological polar surface area (TPSA) is 71.5 Å². The van der Waals surface area contributed by atoms with Gasteiger partial charge in [0.05, 0.1) is 5.69 Å². The molecule has 2 amide bonds. The summed E-state index contributed by atoms with van der Waals surface area (Å²) in [6.45, 7) is 2.38. The molecule has 0 saturated carbocycles. The van der Waals surface area contributed by atoms with Gasteiger partial charge in [0.2, 0.25) is 0 Å². The third-order valence-electron chi connectivity index (χ3n) is 2.85. The van der Waals surface area contributed by atoms with E-state index < -0.39 is 6.10 Å². The number of carbonyl (C=O) groups is 2. The van der Waals surface area contributed by atoms with Gasteiger partial charge in [-0.2, -0.15) is 0 Å². The van der Waals surface area contributed by atoms with Crippen LogP contribution in [0.4, 0.5) is 5.13 Å². The molecule has 6 nitrogen and oxygen atoms in total. The van der Waals surface area contributed by atoms with E-state index in [1.807, 2.05) is 0 Å². The van der Waals surface area contributed by atoms with E-state index in [1.54, 1.807) is 21.0 Å². The van der Waals surface area contributed by atoms with Crippen molar-refractivity contribution in [3.05, 3.63) is 10.6 Å². The van der Waals surface area contributed by atoms with Crippen molar-refractivity contribution in [3.8, 4) is 0 Å². The number of anilines is 1. The number of hydrogen-bond acceptors (Lipinski definition) is 5. The SMILES string of the molecule is Cc1nc(NC(=O)[C@@H]2CCCO2)sc1C(=O)N(C)C. The summed E-state index contributed by atoms with van der Waals surface area (Å²) in [7, 11) is 3.37. The van der Waals surface area contributed by atoms with Crippen LogP contribution < -0.4 is 5.32 Å². The standard InChI is InChI=1S/C12H17N3O3S/c1-7-9(11(17)15(2)3)19-12(13-7)14-10(16)8-5-4-6-18-8/h8H,4-6H2,1-3H3,(H,13,14,16)/t8-/m0/s1. The van der Waals surface area contributed by atoms with Crippen LogP contribution >= 0.6 is 11.3 Å². The van der Waals surface area contributed by atoms with Crippen LogP contribution in [-0.2, 0) is 9.53 Å². The number of nitrogens with one attached hydrogen (secondary N) is 1. The third kappa shape index (κ3) is 3.10. The maximum absolute atomic E-state index is 11.9. The molecule has 1 saturated heterocycles. The van der Waals surface area contributed by atoms with Crippen molar-refractivity contribution in [1.82, 2.24) is 9.88 Å². The Balaban J connectivity index is 2.07. The first-order valence-electron chi connectivity index (χ1n) is 6.10. The Bertz CT molecular complexity index is 492. The first-order valence-corrected chi connectivity index (χ1v) is 6.92. The summed E-state index contributed by atoms with van der Waals surface area (Å²) < 4.78 is 5.30. The zero-order valence-electron chi connectivity index (χ0n) is 11.2. The average molecular weight is 283 g/mol. The number of aryl methyl sites for hydroxylation is 1. The summed E-state index contributed by atoms with van der Waals surface area (Å²) in [6.07, 6.45) is 1.25. The fourth-order valence-electron chi connectivity index (χ4n) is 1.82. The molecule has 1 atom stereocenters. The van der Waals surface area contributed by atoms with Gasteiger partial charge in [-0.25, -0.2) is 4.98 Å². The Morgan fingerprint density at radius 1 is 1.47 bits per heavy atom. The van der Waals surface area contributed by atoms with E-state index in [1.165, 1.54) is 16.2 Å². The first-order chi connectivity index (χ1) is 8.99. The number of thiazole rings is 1. The van der Waals surface area contributed by atoms with Crippen molar-refractivity contribution < 1.29 is 14.3 Å². The summed E-state index contributed by atoms with van der Waals surface area (Å²) in [4.78, 5) is 30.0. The molecule has 1 fully saturated rings. The van der Waals surface area contributed by atoms with Gasteiger partial charge in [-0.15, -0.1) is 0 Å². The van der Waals surface area contributed by atoms with Gasteiger partial charge in [0, 0.05) is 20.7 Å². The van der Waals surface area contributed by atoms with Crippen LogP contribution in [0.2, 0.25) is 0 Å².